The summed E-state index contributed by atoms with van der Waals surface area (Å²) in [6.45, 7) is 5.87. The van der Waals surface area contributed by atoms with Gasteiger partial charge in [-0.2, -0.15) is 0 Å². The largest absolute Gasteiger partial charge is 0.460 e. The van der Waals surface area contributed by atoms with Crippen LogP contribution in [0.15, 0.2) is 22.0 Å². The zero-order chi connectivity index (χ0) is 21.7. The van der Waals surface area contributed by atoms with E-state index in [-0.39, 0.29) is 35.2 Å². The molecule has 0 heterocycles. The number of aliphatic hydroxyl groups excluding tert-OH is 1. The molecule has 0 aromatic carbocycles. The highest BCUT2D eigenvalue weighted by molar-refractivity contribution is 5.96. The van der Waals surface area contributed by atoms with Gasteiger partial charge in [-0.1, -0.05) is 29.7 Å². The second kappa shape index (κ2) is 7.66. The van der Waals surface area contributed by atoms with E-state index in [0.29, 0.717) is 24.0 Å². The van der Waals surface area contributed by atoms with E-state index in [0.717, 1.165) is 44.2 Å². The van der Waals surface area contributed by atoms with Crippen LogP contribution < -0.4 is 0 Å². The van der Waals surface area contributed by atoms with Crippen molar-refractivity contribution >= 4 is 17.4 Å². The van der Waals surface area contributed by atoms with Crippen molar-refractivity contribution in [3.8, 4) is 0 Å². The van der Waals surface area contributed by atoms with Crippen molar-refractivity contribution < 1.29 is 25.1 Å². The number of aliphatic hydroxyl groups is 1. The Morgan fingerprint density at radius 3 is 2.67 bits per heavy atom. The Hall–Kier alpha value is -1.89. The van der Waals surface area contributed by atoms with Crippen LogP contribution in [0.4, 0.5) is 0 Å². The van der Waals surface area contributed by atoms with Crippen LogP contribution in [0, 0.1) is 34.5 Å². The zero-order valence-corrected chi connectivity index (χ0v) is 18.2. The number of rotatable bonds is 3. The fourth-order valence-electron chi connectivity index (χ4n) is 7.70. The lowest BCUT2D eigenvalue weighted by Gasteiger charge is -2.60. The SMILES string of the molecule is CC(=O)OC/C(=N\O)C1CCC2C3CCC4=C/C(=N/O)CCC4(C)C3C(O)CC12C. The molecule has 7 atom stereocenters. The highest BCUT2D eigenvalue weighted by Gasteiger charge is 2.62. The van der Waals surface area contributed by atoms with Gasteiger partial charge in [0.05, 0.1) is 17.5 Å². The highest BCUT2D eigenvalue weighted by atomic mass is 16.5. The van der Waals surface area contributed by atoms with Gasteiger partial charge in [-0.15, -0.1) is 0 Å². The van der Waals surface area contributed by atoms with Crippen LogP contribution in [-0.2, 0) is 9.53 Å². The van der Waals surface area contributed by atoms with E-state index < -0.39 is 6.10 Å². The van der Waals surface area contributed by atoms with E-state index in [2.05, 4.69) is 24.2 Å². The van der Waals surface area contributed by atoms with Crippen LogP contribution in [0.25, 0.3) is 0 Å². The minimum absolute atomic E-state index is 0.00618. The lowest BCUT2D eigenvalue weighted by atomic mass is 9.46. The Morgan fingerprint density at radius 2 is 2.00 bits per heavy atom. The number of hydrogen-bond donors (Lipinski definition) is 3. The predicted molar refractivity (Wildman–Crippen MR) is 112 cm³/mol. The molecule has 30 heavy (non-hydrogen) atoms. The molecule has 0 amide bonds. The quantitative estimate of drug-likeness (QED) is 0.280. The minimum Gasteiger partial charge on any atom is -0.460 e. The number of esters is 1. The van der Waals surface area contributed by atoms with Gasteiger partial charge in [0.15, 0.2) is 0 Å². The van der Waals surface area contributed by atoms with Crippen LogP contribution in [-0.4, -0.2) is 45.6 Å². The number of carbonyl (C=O) groups is 1. The summed E-state index contributed by atoms with van der Waals surface area (Å²) in [6, 6.07) is 0. The number of allylic oxidation sites excluding steroid dienone is 2. The number of hydrogen-bond acceptors (Lipinski definition) is 7. The van der Waals surface area contributed by atoms with Gasteiger partial charge in [0.2, 0.25) is 0 Å². The summed E-state index contributed by atoms with van der Waals surface area (Å²) in [7, 11) is 0. The fourth-order valence-corrected chi connectivity index (χ4v) is 7.70. The molecule has 4 aliphatic rings. The average molecular weight is 419 g/mol. The molecule has 4 aliphatic carbocycles. The van der Waals surface area contributed by atoms with Gasteiger partial charge in [0.25, 0.3) is 0 Å². The van der Waals surface area contributed by atoms with Crippen LogP contribution in [0.1, 0.15) is 65.7 Å². The van der Waals surface area contributed by atoms with Crippen LogP contribution >= 0.6 is 0 Å². The van der Waals surface area contributed by atoms with Crippen LogP contribution in [0.5, 0.6) is 0 Å². The zero-order valence-electron chi connectivity index (χ0n) is 18.2. The van der Waals surface area contributed by atoms with Crippen molar-refractivity contribution in [1.29, 1.82) is 0 Å². The van der Waals surface area contributed by atoms with Crippen molar-refractivity contribution in [1.82, 2.24) is 0 Å². The summed E-state index contributed by atoms with van der Waals surface area (Å²) in [5.41, 5.74) is 2.33. The van der Waals surface area contributed by atoms with Gasteiger partial charge in [-0.25, -0.2) is 0 Å². The van der Waals surface area contributed by atoms with E-state index in [1.54, 1.807) is 0 Å². The molecule has 0 radical (unpaired) electrons. The van der Waals surface area contributed by atoms with Gasteiger partial charge < -0.3 is 20.3 Å². The average Bonchev–Trinajstić information content (AvgIpc) is 3.04. The number of oxime groups is 2. The molecule has 7 nitrogen and oxygen atoms in total. The summed E-state index contributed by atoms with van der Waals surface area (Å²) >= 11 is 0. The molecule has 0 aliphatic heterocycles. The molecule has 3 N–H and O–H groups in total. The van der Waals surface area contributed by atoms with Gasteiger partial charge in [-0.3, -0.25) is 4.79 Å². The van der Waals surface area contributed by atoms with E-state index in [4.69, 9.17) is 4.74 Å². The van der Waals surface area contributed by atoms with Crippen molar-refractivity contribution in [2.24, 2.45) is 44.8 Å². The third kappa shape index (κ3) is 3.17. The third-order valence-electron chi connectivity index (χ3n) is 8.99. The molecular formula is C23H34N2O5. The first-order valence-electron chi connectivity index (χ1n) is 11.2. The summed E-state index contributed by atoms with van der Waals surface area (Å²) in [5.74, 6) is 0.662. The number of ether oxygens (including phenoxy) is 1. The lowest BCUT2D eigenvalue weighted by Crippen LogP contribution is -2.57. The standard InChI is InChI=1S/C23H34N2O5/c1-13(26)30-12-19(25-29)18-7-6-17-16-5-4-14-10-15(24-28)8-9-22(14,2)21(16)20(27)11-23(17,18)3/h10,16-18,20-21,27-29H,4-9,11-12H2,1-3H3/b24-15+,25-19+. The second-order valence-corrected chi connectivity index (χ2v) is 10.3. The smallest absolute Gasteiger partial charge is 0.303 e. The molecule has 4 rings (SSSR count). The van der Waals surface area contributed by atoms with Crippen molar-refractivity contribution in [2.45, 2.75) is 71.8 Å². The van der Waals surface area contributed by atoms with E-state index >= 15 is 0 Å². The molecule has 3 saturated carbocycles. The molecule has 0 spiro atoms. The molecule has 0 saturated heterocycles. The molecule has 0 aromatic rings. The summed E-state index contributed by atoms with van der Waals surface area (Å²) in [4.78, 5) is 11.3. The van der Waals surface area contributed by atoms with Crippen molar-refractivity contribution in [2.75, 3.05) is 6.61 Å². The molecule has 7 heteroatoms. The maximum absolute atomic E-state index is 11.4. The number of carbonyl (C=O) groups excluding carboxylic acids is 1. The van der Waals surface area contributed by atoms with Crippen LogP contribution in [0.2, 0.25) is 0 Å². The molecular weight excluding hydrogens is 384 g/mol. The van der Waals surface area contributed by atoms with Crippen molar-refractivity contribution in [3.63, 3.8) is 0 Å². The number of nitrogens with zero attached hydrogens (tertiary/aromatic N) is 2. The molecule has 0 bridgehead atoms. The monoisotopic (exact) mass is 418 g/mol. The van der Waals surface area contributed by atoms with E-state index in [1.165, 1.54) is 12.5 Å². The molecule has 166 valence electrons. The summed E-state index contributed by atoms with van der Waals surface area (Å²) < 4.78 is 5.14. The van der Waals surface area contributed by atoms with Crippen molar-refractivity contribution in [3.05, 3.63) is 11.6 Å². The third-order valence-corrected chi connectivity index (χ3v) is 8.99. The first-order chi connectivity index (χ1) is 14.2. The normalized spacial score (nSPS) is 44.7. The van der Waals surface area contributed by atoms with E-state index in [9.17, 15) is 20.3 Å². The Morgan fingerprint density at radius 1 is 1.23 bits per heavy atom. The fraction of sp³-hybridized carbons (Fsp3) is 0.783. The summed E-state index contributed by atoms with van der Waals surface area (Å²) in [5, 5.41) is 37.2. The predicted octanol–water partition coefficient (Wildman–Crippen LogP) is 3.76. The first kappa shape index (κ1) is 21.3. The maximum atomic E-state index is 11.4. The first-order valence-corrected chi connectivity index (χ1v) is 11.2. The van der Waals surface area contributed by atoms with E-state index in [1.807, 2.05) is 6.08 Å². The Bertz CT molecular complexity index is 805. The second-order valence-electron chi connectivity index (χ2n) is 10.3. The highest BCUT2D eigenvalue weighted by Crippen LogP contribution is 2.66. The van der Waals surface area contributed by atoms with Gasteiger partial charge in [-0.05, 0) is 79.6 Å². The Balaban J connectivity index is 1.63. The Labute approximate surface area is 177 Å². The lowest BCUT2D eigenvalue weighted by molar-refractivity contribution is -0.139. The topological polar surface area (TPSA) is 112 Å². The van der Waals surface area contributed by atoms with Gasteiger partial charge in [0.1, 0.15) is 6.61 Å². The van der Waals surface area contributed by atoms with Crippen LogP contribution in [0.3, 0.4) is 0 Å². The minimum atomic E-state index is -0.438. The van der Waals surface area contributed by atoms with Gasteiger partial charge in [0, 0.05) is 12.8 Å². The Kier molecular flexibility index (Phi) is 5.45. The summed E-state index contributed by atoms with van der Waals surface area (Å²) in [6.07, 6.45) is 7.82. The maximum Gasteiger partial charge on any atom is 0.303 e. The van der Waals surface area contributed by atoms with Gasteiger partial charge >= 0.3 is 5.97 Å². The molecule has 7 unspecified atom stereocenters. The molecule has 3 fully saturated rings. The number of fused-ring (bicyclic) bond motifs is 5. The molecule has 0 aromatic heterocycles.